The van der Waals surface area contributed by atoms with Gasteiger partial charge < -0.3 is 20.5 Å². The molecule has 6 heteroatoms. The minimum atomic E-state index is -0.197. The minimum absolute atomic E-state index is 0.00863. The number of nitrogens with zero attached hydrogens (tertiary/aromatic N) is 1. The van der Waals surface area contributed by atoms with Gasteiger partial charge in [0.15, 0.2) is 0 Å². The summed E-state index contributed by atoms with van der Waals surface area (Å²) in [5, 5.41) is 3.03. The monoisotopic (exact) mass is 301 g/mol. The molecule has 1 saturated heterocycles. The highest BCUT2D eigenvalue weighted by Gasteiger charge is 2.22. The normalized spacial score (nSPS) is 19.5. The van der Waals surface area contributed by atoms with Crippen molar-refractivity contribution in [3.63, 3.8) is 0 Å². The number of methoxy groups -OCH3 is 1. The summed E-state index contributed by atoms with van der Waals surface area (Å²) < 4.78 is 10.5. The van der Waals surface area contributed by atoms with Gasteiger partial charge in [-0.25, -0.2) is 0 Å². The minimum Gasteiger partial charge on any atom is -0.380 e. The summed E-state index contributed by atoms with van der Waals surface area (Å²) in [6, 6.07) is 0.372. The first-order chi connectivity index (χ1) is 10.1. The van der Waals surface area contributed by atoms with Crippen molar-refractivity contribution in [1.29, 1.82) is 0 Å². The van der Waals surface area contributed by atoms with E-state index in [2.05, 4.69) is 24.1 Å². The number of carbonyl (C=O) groups excluding carboxylic acids is 1. The van der Waals surface area contributed by atoms with E-state index >= 15 is 0 Å². The van der Waals surface area contributed by atoms with Crippen molar-refractivity contribution in [2.75, 3.05) is 46.5 Å². The topological polar surface area (TPSA) is 76.8 Å². The predicted octanol–water partition coefficient (Wildman–Crippen LogP) is 0.213. The van der Waals surface area contributed by atoms with E-state index < -0.39 is 0 Å². The van der Waals surface area contributed by atoms with Gasteiger partial charge in [0.25, 0.3) is 0 Å². The first-order valence-electron chi connectivity index (χ1n) is 7.88. The van der Waals surface area contributed by atoms with Crippen LogP contribution in [0.15, 0.2) is 0 Å². The van der Waals surface area contributed by atoms with Gasteiger partial charge in [0.05, 0.1) is 25.7 Å². The average molecular weight is 301 g/mol. The Balaban J connectivity index is 2.42. The third kappa shape index (κ3) is 7.22. The van der Waals surface area contributed by atoms with Crippen molar-refractivity contribution in [3.8, 4) is 0 Å². The van der Waals surface area contributed by atoms with Gasteiger partial charge in [-0.2, -0.15) is 0 Å². The lowest BCUT2D eigenvalue weighted by Gasteiger charge is -2.35. The van der Waals surface area contributed by atoms with Crippen molar-refractivity contribution >= 4 is 5.91 Å². The van der Waals surface area contributed by atoms with E-state index in [1.165, 1.54) is 0 Å². The van der Waals surface area contributed by atoms with E-state index in [-0.39, 0.29) is 12.0 Å². The van der Waals surface area contributed by atoms with E-state index in [9.17, 15) is 4.79 Å². The molecule has 0 aromatic rings. The van der Waals surface area contributed by atoms with Crippen molar-refractivity contribution in [3.05, 3.63) is 0 Å². The first kappa shape index (κ1) is 18.4. The van der Waals surface area contributed by atoms with Crippen LogP contribution in [0.1, 0.15) is 26.7 Å². The molecule has 1 rings (SSSR count). The molecule has 1 aliphatic rings. The molecule has 2 unspecified atom stereocenters. The van der Waals surface area contributed by atoms with Crippen molar-refractivity contribution < 1.29 is 14.3 Å². The summed E-state index contributed by atoms with van der Waals surface area (Å²) in [7, 11) is 1.58. The van der Waals surface area contributed by atoms with Crippen molar-refractivity contribution in [1.82, 2.24) is 10.2 Å². The van der Waals surface area contributed by atoms with Crippen LogP contribution in [0.5, 0.6) is 0 Å². The highest BCUT2D eigenvalue weighted by Crippen LogP contribution is 2.13. The molecule has 0 aliphatic carbocycles. The molecule has 0 aromatic heterocycles. The van der Waals surface area contributed by atoms with Gasteiger partial charge in [0.1, 0.15) is 0 Å². The third-order valence-corrected chi connectivity index (χ3v) is 3.85. The number of morpholine rings is 1. The number of nitrogens with one attached hydrogen (secondary N) is 1. The molecule has 0 radical (unpaired) electrons. The summed E-state index contributed by atoms with van der Waals surface area (Å²) in [4.78, 5) is 14.4. The molecule has 1 aliphatic heterocycles. The van der Waals surface area contributed by atoms with E-state index in [4.69, 9.17) is 15.2 Å². The SMILES string of the molecule is COC(CN)CC(=O)NCC(CC(C)C)N1CCOCC1. The van der Waals surface area contributed by atoms with Gasteiger partial charge >= 0.3 is 0 Å². The Labute approximate surface area is 128 Å². The Bertz CT molecular complexity index is 290. The molecular weight excluding hydrogens is 270 g/mol. The van der Waals surface area contributed by atoms with Gasteiger partial charge in [-0.3, -0.25) is 9.69 Å². The average Bonchev–Trinajstić information content (AvgIpc) is 2.49. The number of nitrogens with two attached hydrogens (primary N) is 1. The summed E-state index contributed by atoms with van der Waals surface area (Å²) in [6.45, 7) is 8.91. The van der Waals surface area contributed by atoms with E-state index in [1.807, 2.05) is 0 Å². The van der Waals surface area contributed by atoms with Gasteiger partial charge in [-0.15, -0.1) is 0 Å². The Morgan fingerprint density at radius 2 is 2.05 bits per heavy atom. The largest absolute Gasteiger partial charge is 0.380 e. The number of carbonyl (C=O) groups is 1. The summed E-state index contributed by atoms with van der Waals surface area (Å²) in [5.41, 5.74) is 5.54. The van der Waals surface area contributed by atoms with Gasteiger partial charge in [-0.1, -0.05) is 13.8 Å². The third-order valence-electron chi connectivity index (χ3n) is 3.85. The lowest BCUT2D eigenvalue weighted by molar-refractivity contribution is -0.123. The molecule has 0 bridgehead atoms. The van der Waals surface area contributed by atoms with Gasteiger partial charge in [0, 0.05) is 39.3 Å². The quantitative estimate of drug-likeness (QED) is 0.637. The van der Waals surface area contributed by atoms with Crippen LogP contribution in [-0.4, -0.2) is 69.5 Å². The van der Waals surface area contributed by atoms with Gasteiger partial charge in [-0.05, 0) is 12.3 Å². The van der Waals surface area contributed by atoms with Crippen LogP contribution in [0.25, 0.3) is 0 Å². The second-order valence-corrected chi connectivity index (χ2v) is 6.03. The summed E-state index contributed by atoms with van der Waals surface area (Å²) >= 11 is 0. The molecule has 6 nitrogen and oxygen atoms in total. The van der Waals surface area contributed by atoms with E-state index in [0.717, 1.165) is 32.7 Å². The number of ether oxygens (including phenoxy) is 2. The second kappa shape index (κ2) is 10.1. The van der Waals surface area contributed by atoms with Crippen LogP contribution in [0, 0.1) is 5.92 Å². The molecule has 21 heavy (non-hydrogen) atoms. The molecule has 0 saturated carbocycles. The zero-order chi connectivity index (χ0) is 15.7. The second-order valence-electron chi connectivity index (χ2n) is 6.03. The Morgan fingerprint density at radius 3 is 2.57 bits per heavy atom. The number of hydrogen-bond acceptors (Lipinski definition) is 5. The molecule has 2 atom stereocenters. The lowest BCUT2D eigenvalue weighted by atomic mass is 10.0. The van der Waals surface area contributed by atoms with Crippen LogP contribution in [0.3, 0.4) is 0 Å². The van der Waals surface area contributed by atoms with Crippen molar-refractivity contribution in [2.45, 2.75) is 38.8 Å². The first-order valence-corrected chi connectivity index (χ1v) is 7.88. The molecular formula is C15H31N3O3. The fourth-order valence-electron chi connectivity index (χ4n) is 2.62. The maximum Gasteiger partial charge on any atom is 0.222 e. The molecule has 1 heterocycles. The smallest absolute Gasteiger partial charge is 0.222 e. The predicted molar refractivity (Wildman–Crippen MR) is 83.1 cm³/mol. The van der Waals surface area contributed by atoms with Crippen LogP contribution in [0.4, 0.5) is 0 Å². The zero-order valence-corrected chi connectivity index (χ0v) is 13.6. The highest BCUT2D eigenvalue weighted by molar-refractivity contribution is 5.76. The van der Waals surface area contributed by atoms with Crippen LogP contribution in [0.2, 0.25) is 0 Å². The van der Waals surface area contributed by atoms with Crippen molar-refractivity contribution in [2.24, 2.45) is 11.7 Å². The lowest BCUT2D eigenvalue weighted by Crippen LogP contribution is -2.49. The maximum atomic E-state index is 12.0. The van der Waals surface area contributed by atoms with Gasteiger partial charge in [0.2, 0.25) is 5.91 Å². The standard InChI is InChI=1S/C15H31N3O3/c1-12(2)8-13(18-4-6-21-7-5-18)11-17-15(19)9-14(10-16)20-3/h12-14H,4-11,16H2,1-3H3,(H,17,19). The fourth-order valence-corrected chi connectivity index (χ4v) is 2.62. The summed E-state index contributed by atoms with van der Waals surface area (Å²) in [5.74, 6) is 0.611. The molecule has 0 spiro atoms. The van der Waals surface area contributed by atoms with E-state index in [0.29, 0.717) is 31.5 Å². The van der Waals surface area contributed by atoms with Crippen LogP contribution in [-0.2, 0) is 14.3 Å². The van der Waals surface area contributed by atoms with E-state index in [1.54, 1.807) is 7.11 Å². The Morgan fingerprint density at radius 1 is 1.38 bits per heavy atom. The number of amides is 1. The molecule has 3 N–H and O–H groups in total. The Hall–Kier alpha value is -0.690. The molecule has 124 valence electrons. The molecule has 1 amide bonds. The maximum absolute atomic E-state index is 12.0. The fraction of sp³-hybridized carbons (Fsp3) is 0.933. The Kier molecular flexibility index (Phi) is 8.84. The van der Waals surface area contributed by atoms with Crippen LogP contribution >= 0.6 is 0 Å². The molecule has 0 aromatic carbocycles. The highest BCUT2D eigenvalue weighted by atomic mass is 16.5. The molecule has 1 fully saturated rings. The number of hydrogen-bond donors (Lipinski definition) is 2. The zero-order valence-electron chi connectivity index (χ0n) is 13.6. The number of rotatable bonds is 9. The summed E-state index contributed by atoms with van der Waals surface area (Å²) in [6.07, 6.45) is 1.20. The van der Waals surface area contributed by atoms with Crippen LogP contribution < -0.4 is 11.1 Å².